The van der Waals surface area contributed by atoms with Crippen molar-refractivity contribution in [2.24, 2.45) is 22.6 Å². The lowest BCUT2D eigenvalue weighted by atomic mass is 9.95. The highest BCUT2D eigenvalue weighted by molar-refractivity contribution is 14.0. The van der Waals surface area contributed by atoms with Gasteiger partial charge >= 0.3 is 0 Å². The van der Waals surface area contributed by atoms with Crippen LogP contribution in [-0.4, -0.2) is 67.5 Å². The number of halogens is 1. The summed E-state index contributed by atoms with van der Waals surface area (Å²) >= 11 is 0. The maximum Gasteiger partial charge on any atom is 0.217 e. The molecular formula is C18H36IN5O. The molecule has 25 heavy (non-hydrogen) atoms. The van der Waals surface area contributed by atoms with Gasteiger partial charge in [0, 0.05) is 39.1 Å². The van der Waals surface area contributed by atoms with Gasteiger partial charge < -0.3 is 20.9 Å². The predicted molar refractivity (Wildman–Crippen MR) is 114 cm³/mol. The quantitative estimate of drug-likeness (QED) is 0.342. The summed E-state index contributed by atoms with van der Waals surface area (Å²) in [4.78, 5) is 21.0. The van der Waals surface area contributed by atoms with Crippen LogP contribution in [0, 0.1) is 11.8 Å². The number of piperidine rings is 1. The molecule has 0 aromatic rings. The van der Waals surface area contributed by atoms with Gasteiger partial charge in [0.1, 0.15) is 0 Å². The van der Waals surface area contributed by atoms with Gasteiger partial charge in [0.05, 0.1) is 0 Å². The summed E-state index contributed by atoms with van der Waals surface area (Å²) in [6.07, 6.45) is 5.18. The third-order valence-corrected chi connectivity index (χ3v) is 5.05. The van der Waals surface area contributed by atoms with Crippen molar-refractivity contribution in [1.82, 2.24) is 15.1 Å². The van der Waals surface area contributed by atoms with Crippen LogP contribution >= 0.6 is 24.0 Å². The van der Waals surface area contributed by atoms with Gasteiger partial charge in [-0.3, -0.25) is 9.79 Å². The van der Waals surface area contributed by atoms with E-state index in [1.807, 2.05) is 0 Å². The van der Waals surface area contributed by atoms with Crippen molar-refractivity contribution < 1.29 is 4.79 Å². The first kappa shape index (κ1) is 22.5. The van der Waals surface area contributed by atoms with Gasteiger partial charge in [-0.1, -0.05) is 6.92 Å². The summed E-state index contributed by atoms with van der Waals surface area (Å²) in [5, 5.41) is 3.43. The molecule has 0 radical (unpaired) electrons. The molecule has 7 heteroatoms. The molecule has 0 aromatic carbocycles. The largest absolute Gasteiger partial charge is 0.370 e. The van der Waals surface area contributed by atoms with Crippen molar-refractivity contribution in [3.63, 3.8) is 0 Å². The fourth-order valence-corrected chi connectivity index (χ4v) is 3.93. The molecule has 2 unspecified atom stereocenters. The Morgan fingerprint density at radius 3 is 2.68 bits per heavy atom. The van der Waals surface area contributed by atoms with Crippen LogP contribution < -0.4 is 11.1 Å². The summed E-state index contributed by atoms with van der Waals surface area (Å²) < 4.78 is 0. The number of likely N-dealkylation sites (tertiary alicyclic amines) is 2. The Kier molecular flexibility index (Phi) is 10.7. The molecule has 2 saturated heterocycles. The Hall–Kier alpha value is -0.570. The minimum absolute atomic E-state index is 0. The minimum atomic E-state index is -0.189. The molecule has 0 saturated carbocycles. The van der Waals surface area contributed by atoms with E-state index in [0.29, 0.717) is 18.3 Å². The molecule has 1 amide bonds. The molecule has 2 fully saturated rings. The lowest BCUT2D eigenvalue weighted by Gasteiger charge is -2.34. The summed E-state index contributed by atoms with van der Waals surface area (Å²) in [7, 11) is 0. The number of primary amides is 1. The highest BCUT2D eigenvalue weighted by Gasteiger charge is 2.25. The first-order valence-electron chi connectivity index (χ1n) is 9.66. The SMILES string of the molecule is CCCN1CCC(CN=C(NCC)N2CCCC(CC(N)=O)C2)C1.I. The van der Waals surface area contributed by atoms with Crippen molar-refractivity contribution in [1.29, 1.82) is 0 Å². The van der Waals surface area contributed by atoms with Crippen molar-refractivity contribution in [3.8, 4) is 0 Å². The Morgan fingerprint density at radius 2 is 2.00 bits per heavy atom. The van der Waals surface area contributed by atoms with Crippen LogP contribution in [-0.2, 0) is 4.79 Å². The predicted octanol–water partition coefficient (Wildman–Crippen LogP) is 1.89. The summed E-state index contributed by atoms with van der Waals surface area (Å²) in [5.41, 5.74) is 5.37. The standard InChI is InChI=1S/C18H35N5O.HI/c1-3-8-22-10-7-16(13-22)12-21-18(20-4-2)23-9-5-6-15(14-23)11-17(19)24;/h15-16H,3-14H2,1-2H3,(H2,19,24)(H,20,21);1H. The fourth-order valence-electron chi connectivity index (χ4n) is 3.93. The summed E-state index contributed by atoms with van der Waals surface area (Å²) in [6, 6.07) is 0. The first-order chi connectivity index (χ1) is 11.6. The molecule has 3 N–H and O–H groups in total. The molecule has 6 nitrogen and oxygen atoms in total. The van der Waals surface area contributed by atoms with E-state index in [-0.39, 0.29) is 29.9 Å². The van der Waals surface area contributed by atoms with E-state index in [0.717, 1.165) is 45.0 Å². The zero-order valence-corrected chi connectivity index (χ0v) is 18.2. The van der Waals surface area contributed by atoms with Crippen LogP contribution in [0.15, 0.2) is 4.99 Å². The van der Waals surface area contributed by atoms with Crippen LogP contribution in [0.2, 0.25) is 0 Å². The molecule has 2 aliphatic rings. The molecule has 2 aliphatic heterocycles. The Balaban J connectivity index is 0.00000312. The lowest BCUT2D eigenvalue weighted by molar-refractivity contribution is -0.119. The average molecular weight is 465 g/mol. The van der Waals surface area contributed by atoms with Crippen molar-refractivity contribution in [3.05, 3.63) is 0 Å². The van der Waals surface area contributed by atoms with Crippen molar-refractivity contribution in [2.75, 3.05) is 45.8 Å². The van der Waals surface area contributed by atoms with Crippen LogP contribution in [0.4, 0.5) is 0 Å². The van der Waals surface area contributed by atoms with Crippen molar-refractivity contribution in [2.45, 2.75) is 46.0 Å². The third kappa shape index (κ3) is 7.68. The fraction of sp³-hybridized carbons (Fsp3) is 0.889. The number of amides is 1. The molecule has 2 heterocycles. The number of carbonyl (C=O) groups is 1. The van der Waals surface area contributed by atoms with Crippen LogP contribution in [0.1, 0.15) is 46.0 Å². The number of hydrogen-bond acceptors (Lipinski definition) is 3. The van der Waals surface area contributed by atoms with Gasteiger partial charge in [0.25, 0.3) is 0 Å². The van der Waals surface area contributed by atoms with E-state index in [4.69, 9.17) is 10.7 Å². The van der Waals surface area contributed by atoms with Gasteiger partial charge in [-0.05, 0) is 57.5 Å². The smallest absolute Gasteiger partial charge is 0.217 e. The van der Waals surface area contributed by atoms with E-state index in [9.17, 15) is 4.79 Å². The Bertz CT molecular complexity index is 432. The number of nitrogens with zero attached hydrogens (tertiary/aromatic N) is 3. The molecule has 0 aliphatic carbocycles. The average Bonchev–Trinajstić information content (AvgIpc) is 2.99. The Labute approximate surface area is 170 Å². The molecule has 2 atom stereocenters. The van der Waals surface area contributed by atoms with Crippen LogP contribution in [0.3, 0.4) is 0 Å². The number of rotatable bonds is 7. The second kappa shape index (κ2) is 11.9. The van der Waals surface area contributed by atoms with E-state index >= 15 is 0 Å². The monoisotopic (exact) mass is 465 g/mol. The van der Waals surface area contributed by atoms with E-state index in [1.54, 1.807) is 0 Å². The van der Waals surface area contributed by atoms with E-state index in [1.165, 1.54) is 32.5 Å². The summed E-state index contributed by atoms with van der Waals surface area (Å²) in [6.45, 7) is 11.7. The zero-order chi connectivity index (χ0) is 17.4. The molecule has 0 aromatic heterocycles. The highest BCUT2D eigenvalue weighted by Crippen LogP contribution is 2.20. The molecule has 0 spiro atoms. The number of guanidine groups is 1. The van der Waals surface area contributed by atoms with Gasteiger partial charge in [-0.25, -0.2) is 0 Å². The maximum atomic E-state index is 11.2. The molecule has 2 rings (SSSR count). The normalized spacial score (nSPS) is 24.9. The van der Waals surface area contributed by atoms with Gasteiger partial charge in [0.15, 0.2) is 5.96 Å². The summed E-state index contributed by atoms with van der Waals surface area (Å²) in [5.74, 6) is 1.87. The number of aliphatic imine (C=N–C) groups is 1. The number of nitrogens with two attached hydrogens (primary N) is 1. The van der Waals surface area contributed by atoms with E-state index in [2.05, 4.69) is 29.0 Å². The van der Waals surface area contributed by atoms with Gasteiger partial charge in [-0.2, -0.15) is 0 Å². The first-order valence-corrected chi connectivity index (χ1v) is 9.66. The number of carbonyl (C=O) groups excluding carboxylic acids is 1. The third-order valence-electron chi connectivity index (χ3n) is 5.05. The second-order valence-corrected chi connectivity index (χ2v) is 7.27. The lowest BCUT2D eigenvalue weighted by Crippen LogP contribution is -2.47. The minimum Gasteiger partial charge on any atom is -0.370 e. The van der Waals surface area contributed by atoms with Crippen LogP contribution in [0.5, 0.6) is 0 Å². The van der Waals surface area contributed by atoms with Gasteiger partial charge in [0.2, 0.25) is 5.91 Å². The Morgan fingerprint density at radius 1 is 1.20 bits per heavy atom. The topological polar surface area (TPSA) is 74.0 Å². The highest BCUT2D eigenvalue weighted by atomic mass is 127. The second-order valence-electron chi connectivity index (χ2n) is 7.27. The number of hydrogen-bond donors (Lipinski definition) is 2. The van der Waals surface area contributed by atoms with E-state index < -0.39 is 0 Å². The van der Waals surface area contributed by atoms with Gasteiger partial charge in [-0.15, -0.1) is 24.0 Å². The zero-order valence-electron chi connectivity index (χ0n) is 15.9. The maximum absolute atomic E-state index is 11.2. The number of nitrogens with one attached hydrogen (secondary N) is 1. The molecule has 146 valence electrons. The van der Waals surface area contributed by atoms with Crippen LogP contribution in [0.25, 0.3) is 0 Å². The van der Waals surface area contributed by atoms with Crippen molar-refractivity contribution >= 4 is 35.8 Å². The molecular weight excluding hydrogens is 429 g/mol. The molecule has 0 bridgehead atoms.